The molecule has 0 amide bonds. The molecule has 1 aromatic carbocycles. The van der Waals surface area contributed by atoms with Crippen LogP contribution in [0.25, 0.3) is 5.57 Å². The standard InChI is InChI=1S/C20H18F3NO/c1-14-7-5-11-18(24-14)19(2)12-6-8-15(13-19)16-9-3-4-10-17(16)25-20(21,22)23/h3-11,13H,12H2,1-2H3. The van der Waals surface area contributed by atoms with Crippen LogP contribution in [0.3, 0.4) is 0 Å². The van der Waals surface area contributed by atoms with Crippen LogP contribution in [0.4, 0.5) is 13.2 Å². The number of rotatable bonds is 3. The third-order valence-electron chi connectivity index (χ3n) is 4.21. The van der Waals surface area contributed by atoms with Gasteiger partial charge in [-0.1, -0.05) is 49.4 Å². The number of allylic oxidation sites excluding steroid dienone is 4. The van der Waals surface area contributed by atoms with Gasteiger partial charge in [-0.2, -0.15) is 0 Å². The first-order valence-electron chi connectivity index (χ1n) is 7.95. The number of aromatic nitrogens is 1. The number of aryl methyl sites for hydroxylation is 1. The largest absolute Gasteiger partial charge is 0.573 e. The minimum Gasteiger partial charge on any atom is -0.405 e. The van der Waals surface area contributed by atoms with Crippen molar-refractivity contribution in [2.24, 2.45) is 0 Å². The fraction of sp³-hybridized carbons (Fsp3) is 0.250. The fourth-order valence-corrected chi connectivity index (χ4v) is 3.01. The van der Waals surface area contributed by atoms with E-state index in [9.17, 15) is 13.2 Å². The lowest BCUT2D eigenvalue weighted by atomic mass is 9.77. The predicted octanol–water partition coefficient (Wildman–Crippen LogP) is 5.59. The summed E-state index contributed by atoms with van der Waals surface area (Å²) in [5, 5.41) is 0. The number of hydrogen-bond acceptors (Lipinski definition) is 2. The molecule has 25 heavy (non-hydrogen) atoms. The zero-order valence-corrected chi connectivity index (χ0v) is 14.0. The molecule has 1 unspecified atom stereocenters. The van der Waals surface area contributed by atoms with Gasteiger partial charge in [0.1, 0.15) is 5.75 Å². The predicted molar refractivity (Wildman–Crippen MR) is 91.2 cm³/mol. The maximum absolute atomic E-state index is 12.7. The van der Waals surface area contributed by atoms with Crippen LogP contribution in [0.15, 0.2) is 60.7 Å². The van der Waals surface area contributed by atoms with E-state index >= 15 is 0 Å². The van der Waals surface area contributed by atoms with E-state index in [1.165, 1.54) is 12.1 Å². The van der Waals surface area contributed by atoms with Crippen molar-refractivity contribution in [3.8, 4) is 5.75 Å². The number of para-hydroxylation sites is 1. The lowest BCUT2D eigenvalue weighted by Crippen LogP contribution is -2.23. The molecule has 0 fully saturated rings. The molecule has 1 aliphatic rings. The second-order valence-electron chi connectivity index (χ2n) is 6.33. The van der Waals surface area contributed by atoms with Gasteiger partial charge in [0.05, 0.1) is 5.69 Å². The topological polar surface area (TPSA) is 22.1 Å². The highest BCUT2D eigenvalue weighted by Gasteiger charge is 2.33. The van der Waals surface area contributed by atoms with Crippen molar-refractivity contribution in [1.29, 1.82) is 0 Å². The van der Waals surface area contributed by atoms with Crippen LogP contribution in [0.5, 0.6) is 5.75 Å². The quantitative estimate of drug-likeness (QED) is 0.723. The number of benzene rings is 1. The van der Waals surface area contributed by atoms with Crippen LogP contribution in [-0.2, 0) is 5.41 Å². The van der Waals surface area contributed by atoms with Crippen LogP contribution in [0.2, 0.25) is 0 Å². The molecule has 1 aromatic heterocycles. The van der Waals surface area contributed by atoms with Gasteiger partial charge in [0.2, 0.25) is 0 Å². The van der Waals surface area contributed by atoms with Crippen molar-refractivity contribution in [1.82, 2.24) is 4.98 Å². The second-order valence-corrected chi connectivity index (χ2v) is 6.33. The SMILES string of the molecule is Cc1cccc(C2(C)C=C(c3ccccc3OC(F)(F)F)C=CC2)n1. The Morgan fingerprint density at radius 3 is 2.56 bits per heavy atom. The van der Waals surface area contributed by atoms with E-state index in [0.717, 1.165) is 17.8 Å². The van der Waals surface area contributed by atoms with Gasteiger partial charge < -0.3 is 4.74 Å². The molecule has 0 radical (unpaired) electrons. The minimum atomic E-state index is -4.73. The highest BCUT2D eigenvalue weighted by atomic mass is 19.4. The third kappa shape index (κ3) is 3.92. The van der Waals surface area contributed by atoms with Gasteiger partial charge in [0.15, 0.2) is 0 Å². The number of halogens is 3. The van der Waals surface area contributed by atoms with E-state index in [4.69, 9.17) is 0 Å². The molecule has 0 saturated heterocycles. The van der Waals surface area contributed by atoms with Gasteiger partial charge in [-0.15, -0.1) is 13.2 Å². The van der Waals surface area contributed by atoms with Crippen LogP contribution in [0, 0.1) is 6.92 Å². The summed E-state index contributed by atoms with van der Waals surface area (Å²) in [7, 11) is 0. The first-order chi connectivity index (χ1) is 11.8. The van der Waals surface area contributed by atoms with Crippen LogP contribution in [0.1, 0.15) is 30.3 Å². The smallest absolute Gasteiger partial charge is 0.405 e. The van der Waals surface area contributed by atoms with Crippen LogP contribution in [-0.4, -0.2) is 11.3 Å². The van der Waals surface area contributed by atoms with Crippen molar-refractivity contribution in [3.63, 3.8) is 0 Å². The molecule has 1 heterocycles. The Hall–Kier alpha value is -2.56. The summed E-state index contributed by atoms with van der Waals surface area (Å²) >= 11 is 0. The van der Waals surface area contributed by atoms with E-state index in [2.05, 4.69) is 9.72 Å². The Labute approximate surface area is 144 Å². The molecule has 0 saturated carbocycles. The summed E-state index contributed by atoms with van der Waals surface area (Å²) in [5.41, 5.74) is 2.51. The Balaban J connectivity index is 2.03. The molecule has 0 N–H and O–H groups in total. The van der Waals surface area contributed by atoms with Gasteiger partial charge in [-0.25, -0.2) is 0 Å². The third-order valence-corrected chi connectivity index (χ3v) is 4.21. The van der Waals surface area contributed by atoms with Crippen molar-refractivity contribution in [3.05, 3.63) is 77.6 Å². The Bertz CT molecular complexity index is 839. The Morgan fingerprint density at radius 1 is 1.08 bits per heavy atom. The molecule has 5 heteroatoms. The Kier molecular flexibility index (Phi) is 4.41. The number of ether oxygens (including phenoxy) is 1. The maximum atomic E-state index is 12.7. The zero-order valence-electron chi connectivity index (χ0n) is 14.0. The summed E-state index contributed by atoms with van der Waals surface area (Å²) in [6.45, 7) is 3.95. The number of pyridine rings is 1. The van der Waals surface area contributed by atoms with Gasteiger partial charge in [-0.05, 0) is 37.1 Å². The average molecular weight is 345 g/mol. The molecular weight excluding hydrogens is 327 g/mol. The highest BCUT2D eigenvalue weighted by molar-refractivity contribution is 5.80. The normalized spacial score (nSPS) is 20.3. The lowest BCUT2D eigenvalue weighted by Gasteiger charge is -2.29. The van der Waals surface area contributed by atoms with E-state index < -0.39 is 6.36 Å². The molecule has 1 atom stereocenters. The zero-order chi connectivity index (χ0) is 18.1. The van der Waals surface area contributed by atoms with Crippen molar-refractivity contribution in [2.75, 3.05) is 0 Å². The summed E-state index contributed by atoms with van der Waals surface area (Å²) in [4.78, 5) is 4.59. The maximum Gasteiger partial charge on any atom is 0.573 e. The van der Waals surface area contributed by atoms with Crippen molar-refractivity contribution in [2.45, 2.75) is 32.0 Å². The highest BCUT2D eigenvalue weighted by Crippen LogP contribution is 2.39. The van der Waals surface area contributed by atoms with E-state index in [-0.39, 0.29) is 11.2 Å². The van der Waals surface area contributed by atoms with Gasteiger partial charge in [-0.3, -0.25) is 4.98 Å². The average Bonchev–Trinajstić information content (AvgIpc) is 2.54. The first-order valence-corrected chi connectivity index (χ1v) is 7.95. The fourth-order valence-electron chi connectivity index (χ4n) is 3.01. The molecule has 0 bridgehead atoms. The number of alkyl halides is 3. The van der Waals surface area contributed by atoms with Gasteiger partial charge in [0, 0.05) is 16.7 Å². The van der Waals surface area contributed by atoms with Crippen LogP contribution < -0.4 is 4.74 Å². The van der Waals surface area contributed by atoms with Crippen molar-refractivity contribution >= 4 is 5.57 Å². The molecule has 2 nitrogen and oxygen atoms in total. The number of nitrogens with zero attached hydrogens (tertiary/aromatic N) is 1. The summed E-state index contributed by atoms with van der Waals surface area (Å²) in [5.74, 6) is -0.202. The molecule has 1 aliphatic carbocycles. The van der Waals surface area contributed by atoms with E-state index in [1.54, 1.807) is 12.1 Å². The number of hydrogen-bond donors (Lipinski definition) is 0. The summed E-state index contributed by atoms with van der Waals surface area (Å²) in [6.07, 6.45) is 1.76. The van der Waals surface area contributed by atoms with Crippen molar-refractivity contribution < 1.29 is 17.9 Å². The van der Waals surface area contributed by atoms with Gasteiger partial charge >= 0.3 is 6.36 Å². The monoisotopic (exact) mass is 345 g/mol. The lowest BCUT2D eigenvalue weighted by molar-refractivity contribution is -0.274. The molecule has 0 aliphatic heterocycles. The minimum absolute atomic E-state index is 0.202. The van der Waals surface area contributed by atoms with E-state index in [0.29, 0.717) is 11.1 Å². The molecule has 0 spiro atoms. The van der Waals surface area contributed by atoms with Gasteiger partial charge in [0.25, 0.3) is 0 Å². The second kappa shape index (κ2) is 6.39. The molecule has 130 valence electrons. The summed E-state index contributed by atoms with van der Waals surface area (Å²) in [6, 6.07) is 12.0. The molecular formula is C20H18F3NO. The molecule has 2 aromatic rings. The molecule has 3 rings (SSSR count). The van der Waals surface area contributed by atoms with Crippen LogP contribution >= 0.6 is 0 Å². The Morgan fingerprint density at radius 2 is 1.84 bits per heavy atom. The summed E-state index contributed by atoms with van der Waals surface area (Å²) < 4.78 is 42.2. The van der Waals surface area contributed by atoms with E-state index in [1.807, 2.05) is 50.3 Å². The first kappa shape index (κ1) is 17.3.